The Morgan fingerprint density at radius 1 is 1.40 bits per heavy atom. The van der Waals surface area contributed by atoms with Crippen LogP contribution in [0, 0.1) is 11.3 Å². The molecule has 1 fully saturated rings. The number of hydrogen-bond donors (Lipinski definition) is 1. The van der Waals surface area contributed by atoms with Gasteiger partial charge in [-0.05, 0) is 44.7 Å². The molecule has 1 aliphatic carbocycles. The fourth-order valence-corrected chi connectivity index (χ4v) is 2.90. The molecule has 1 aliphatic rings. The minimum atomic E-state index is -0.544. The van der Waals surface area contributed by atoms with Crippen molar-refractivity contribution in [2.24, 2.45) is 11.3 Å². The van der Waals surface area contributed by atoms with Crippen molar-refractivity contribution in [1.29, 1.82) is 0 Å². The zero-order valence-electron chi connectivity index (χ0n) is 14.2. The number of rotatable bonds is 7. The molecule has 4 heteroatoms. The summed E-state index contributed by atoms with van der Waals surface area (Å²) in [4.78, 5) is 14.7. The standard InChI is InChI=1S/C16H32N2O2/c1-8-17-16(13-9-10-13,14(19)20-7)11-18(6)12(2)15(3,4)5/h12-13,17H,8-11H2,1-7H3. The largest absolute Gasteiger partial charge is 0.468 e. The molecule has 0 bridgehead atoms. The summed E-state index contributed by atoms with van der Waals surface area (Å²) >= 11 is 0. The van der Waals surface area contributed by atoms with Gasteiger partial charge in [0, 0.05) is 12.6 Å². The molecule has 4 nitrogen and oxygen atoms in total. The highest BCUT2D eigenvalue weighted by Gasteiger charge is 2.52. The van der Waals surface area contributed by atoms with E-state index < -0.39 is 5.54 Å². The number of hydrogen-bond acceptors (Lipinski definition) is 4. The van der Waals surface area contributed by atoms with Crippen LogP contribution < -0.4 is 5.32 Å². The van der Waals surface area contributed by atoms with Gasteiger partial charge in [-0.3, -0.25) is 0 Å². The van der Waals surface area contributed by atoms with Crippen LogP contribution in [0.3, 0.4) is 0 Å². The van der Waals surface area contributed by atoms with Crippen molar-refractivity contribution in [3.63, 3.8) is 0 Å². The lowest BCUT2D eigenvalue weighted by Crippen LogP contribution is -2.62. The second kappa shape index (κ2) is 6.44. The highest BCUT2D eigenvalue weighted by Crippen LogP contribution is 2.41. The summed E-state index contributed by atoms with van der Waals surface area (Å²) in [5, 5.41) is 3.43. The van der Waals surface area contributed by atoms with Crippen LogP contribution in [-0.4, -0.2) is 49.7 Å². The highest BCUT2D eigenvalue weighted by atomic mass is 16.5. The van der Waals surface area contributed by atoms with E-state index in [-0.39, 0.29) is 11.4 Å². The van der Waals surface area contributed by atoms with Crippen molar-refractivity contribution < 1.29 is 9.53 Å². The Morgan fingerprint density at radius 2 is 1.95 bits per heavy atom. The predicted octanol–water partition coefficient (Wildman–Crippen LogP) is 2.28. The van der Waals surface area contributed by atoms with E-state index in [1.165, 1.54) is 7.11 Å². The number of nitrogens with one attached hydrogen (secondary N) is 1. The Kier molecular flexibility index (Phi) is 5.61. The Morgan fingerprint density at radius 3 is 2.30 bits per heavy atom. The van der Waals surface area contributed by atoms with Crippen LogP contribution >= 0.6 is 0 Å². The summed E-state index contributed by atoms with van der Waals surface area (Å²) in [5.41, 5.74) is -0.357. The summed E-state index contributed by atoms with van der Waals surface area (Å²) in [6, 6.07) is 0.393. The molecular weight excluding hydrogens is 252 g/mol. The molecule has 0 spiro atoms. The van der Waals surface area contributed by atoms with E-state index in [0.29, 0.717) is 18.5 Å². The third kappa shape index (κ3) is 3.73. The summed E-state index contributed by atoms with van der Waals surface area (Å²) in [6.07, 6.45) is 2.22. The molecule has 0 amide bonds. The predicted molar refractivity (Wildman–Crippen MR) is 82.7 cm³/mol. The maximum absolute atomic E-state index is 12.4. The van der Waals surface area contributed by atoms with Crippen LogP contribution in [0.15, 0.2) is 0 Å². The molecule has 0 aliphatic heterocycles. The normalized spacial score (nSPS) is 20.6. The molecule has 2 unspecified atom stereocenters. The third-order valence-electron chi connectivity index (χ3n) is 4.73. The topological polar surface area (TPSA) is 41.6 Å². The van der Waals surface area contributed by atoms with Gasteiger partial charge < -0.3 is 15.0 Å². The molecule has 20 heavy (non-hydrogen) atoms. The van der Waals surface area contributed by atoms with Crippen molar-refractivity contribution in [2.45, 2.75) is 59.0 Å². The fraction of sp³-hybridized carbons (Fsp3) is 0.938. The molecule has 1 rings (SSSR count). The smallest absolute Gasteiger partial charge is 0.327 e. The molecule has 118 valence electrons. The van der Waals surface area contributed by atoms with Crippen LogP contribution in [0.4, 0.5) is 0 Å². The molecule has 0 heterocycles. The van der Waals surface area contributed by atoms with Crippen molar-refractivity contribution in [1.82, 2.24) is 10.2 Å². The molecule has 0 aromatic heterocycles. The van der Waals surface area contributed by atoms with E-state index in [9.17, 15) is 4.79 Å². The first-order valence-electron chi connectivity index (χ1n) is 7.72. The van der Waals surface area contributed by atoms with Crippen LogP contribution in [0.1, 0.15) is 47.5 Å². The van der Waals surface area contributed by atoms with Gasteiger partial charge in [-0.25, -0.2) is 4.79 Å². The lowest BCUT2D eigenvalue weighted by molar-refractivity contribution is -0.151. The lowest BCUT2D eigenvalue weighted by Gasteiger charge is -2.41. The monoisotopic (exact) mass is 284 g/mol. The van der Waals surface area contributed by atoms with Gasteiger partial charge in [-0.2, -0.15) is 0 Å². The van der Waals surface area contributed by atoms with E-state index >= 15 is 0 Å². The Labute approximate surface area is 124 Å². The van der Waals surface area contributed by atoms with Crippen LogP contribution in [0.5, 0.6) is 0 Å². The van der Waals surface area contributed by atoms with E-state index in [1.807, 2.05) is 6.92 Å². The van der Waals surface area contributed by atoms with Gasteiger partial charge >= 0.3 is 5.97 Å². The fourth-order valence-electron chi connectivity index (χ4n) is 2.90. The zero-order chi connectivity index (χ0) is 15.6. The van der Waals surface area contributed by atoms with E-state index in [1.54, 1.807) is 0 Å². The van der Waals surface area contributed by atoms with Crippen LogP contribution in [0.2, 0.25) is 0 Å². The van der Waals surface area contributed by atoms with E-state index in [0.717, 1.165) is 19.4 Å². The molecule has 0 saturated heterocycles. The molecular formula is C16H32N2O2. The number of nitrogens with zero attached hydrogens (tertiary/aromatic N) is 1. The van der Waals surface area contributed by atoms with Gasteiger partial charge in [0.2, 0.25) is 0 Å². The molecule has 2 atom stereocenters. The number of ether oxygens (including phenoxy) is 1. The molecule has 1 N–H and O–H groups in total. The molecule has 0 aromatic rings. The third-order valence-corrected chi connectivity index (χ3v) is 4.73. The van der Waals surface area contributed by atoms with Gasteiger partial charge in [0.1, 0.15) is 5.54 Å². The minimum absolute atomic E-state index is 0.116. The Balaban J connectivity index is 2.92. The average molecular weight is 284 g/mol. The first-order chi connectivity index (χ1) is 9.19. The second-order valence-corrected chi connectivity index (χ2v) is 7.22. The number of esters is 1. The Hall–Kier alpha value is -0.610. The number of methoxy groups -OCH3 is 1. The number of carbonyl (C=O) groups is 1. The first kappa shape index (κ1) is 17.4. The van der Waals surface area contributed by atoms with Crippen molar-refractivity contribution in [2.75, 3.05) is 27.2 Å². The number of likely N-dealkylation sites (N-methyl/N-ethyl adjacent to an activating group) is 2. The van der Waals surface area contributed by atoms with Gasteiger partial charge in [-0.1, -0.05) is 27.7 Å². The van der Waals surface area contributed by atoms with E-state index in [2.05, 4.69) is 45.0 Å². The second-order valence-electron chi connectivity index (χ2n) is 7.22. The summed E-state index contributed by atoms with van der Waals surface area (Å²) in [7, 11) is 3.59. The zero-order valence-corrected chi connectivity index (χ0v) is 14.2. The minimum Gasteiger partial charge on any atom is -0.468 e. The molecule has 1 saturated carbocycles. The first-order valence-corrected chi connectivity index (χ1v) is 7.72. The van der Waals surface area contributed by atoms with Gasteiger partial charge in [-0.15, -0.1) is 0 Å². The summed E-state index contributed by atoms with van der Waals surface area (Å²) < 4.78 is 5.11. The molecule has 0 radical (unpaired) electrons. The van der Waals surface area contributed by atoms with Crippen LogP contribution in [0.25, 0.3) is 0 Å². The maximum atomic E-state index is 12.4. The quantitative estimate of drug-likeness (QED) is 0.728. The highest BCUT2D eigenvalue weighted by molar-refractivity contribution is 5.82. The average Bonchev–Trinajstić information content (AvgIpc) is 3.19. The summed E-state index contributed by atoms with van der Waals surface area (Å²) in [5.74, 6) is 0.291. The lowest BCUT2D eigenvalue weighted by atomic mass is 9.85. The Bertz CT molecular complexity index is 334. The van der Waals surface area contributed by atoms with Crippen molar-refractivity contribution in [3.8, 4) is 0 Å². The van der Waals surface area contributed by atoms with Crippen LogP contribution in [-0.2, 0) is 9.53 Å². The van der Waals surface area contributed by atoms with Crippen molar-refractivity contribution >= 4 is 5.97 Å². The maximum Gasteiger partial charge on any atom is 0.327 e. The SMILES string of the molecule is CCNC(CN(C)C(C)C(C)(C)C)(C(=O)OC)C1CC1. The van der Waals surface area contributed by atoms with Gasteiger partial charge in [0.05, 0.1) is 7.11 Å². The van der Waals surface area contributed by atoms with Gasteiger partial charge in [0.25, 0.3) is 0 Å². The summed E-state index contributed by atoms with van der Waals surface area (Å²) in [6.45, 7) is 12.5. The van der Waals surface area contributed by atoms with E-state index in [4.69, 9.17) is 4.74 Å². The number of carbonyl (C=O) groups excluding carboxylic acids is 1. The molecule has 0 aromatic carbocycles. The van der Waals surface area contributed by atoms with Crippen molar-refractivity contribution in [3.05, 3.63) is 0 Å². The van der Waals surface area contributed by atoms with Gasteiger partial charge in [0.15, 0.2) is 0 Å².